The Labute approximate surface area is 95.1 Å². The van der Waals surface area contributed by atoms with Gasteiger partial charge in [-0.3, -0.25) is 4.99 Å². The van der Waals surface area contributed by atoms with E-state index in [1.807, 2.05) is 24.3 Å². The van der Waals surface area contributed by atoms with E-state index in [1.54, 1.807) is 6.92 Å². The fourth-order valence-electron chi connectivity index (χ4n) is 1.44. The molecule has 0 aliphatic rings. The normalized spacial score (nSPS) is 13.9. The number of hydrogen-bond donors (Lipinski definition) is 1. The van der Waals surface area contributed by atoms with Crippen LogP contribution in [0.2, 0.25) is 0 Å². The molecule has 1 unspecified atom stereocenters. The van der Waals surface area contributed by atoms with Crippen LogP contribution < -0.4 is 5.73 Å². The molecule has 0 radical (unpaired) electrons. The summed E-state index contributed by atoms with van der Waals surface area (Å²) in [7, 11) is 1.33. The minimum atomic E-state index is -1.05. The van der Waals surface area contributed by atoms with Gasteiger partial charge in [0.05, 0.1) is 7.11 Å². The summed E-state index contributed by atoms with van der Waals surface area (Å²) in [6, 6.07) is 7.35. The van der Waals surface area contributed by atoms with Crippen molar-refractivity contribution in [2.45, 2.75) is 19.0 Å². The number of nitrogens with two attached hydrogens (primary N) is 1. The first-order valence-corrected chi connectivity index (χ1v) is 4.94. The van der Waals surface area contributed by atoms with Crippen molar-refractivity contribution in [3.63, 3.8) is 0 Å². The Bertz CT molecular complexity index is 387. The molecule has 86 valence electrons. The van der Waals surface area contributed by atoms with E-state index in [4.69, 9.17) is 10.5 Å². The van der Waals surface area contributed by atoms with Crippen LogP contribution in [0.4, 0.5) is 0 Å². The van der Waals surface area contributed by atoms with Gasteiger partial charge in [-0.15, -0.1) is 0 Å². The smallest absolute Gasteiger partial charge is 0.338 e. The average Bonchev–Trinajstić information content (AvgIpc) is 2.36. The van der Waals surface area contributed by atoms with Crippen molar-refractivity contribution in [2.24, 2.45) is 10.7 Å². The Balaban J connectivity index is 3.12. The van der Waals surface area contributed by atoms with Crippen molar-refractivity contribution in [3.05, 3.63) is 35.4 Å². The SMILES string of the molecule is C=NC(C)(C(=O)OC)c1ccc(CN)cc1. The molecule has 0 aromatic heterocycles. The van der Waals surface area contributed by atoms with Crippen molar-refractivity contribution >= 4 is 12.7 Å². The van der Waals surface area contributed by atoms with Gasteiger partial charge in [-0.25, -0.2) is 4.79 Å². The first-order chi connectivity index (χ1) is 7.58. The molecule has 1 aromatic carbocycles. The lowest BCUT2D eigenvalue weighted by Gasteiger charge is -2.22. The average molecular weight is 220 g/mol. The zero-order valence-electron chi connectivity index (χ0n) is 9.56. The molecule has 0 fully saturated rings. The first kappa shape index (κ1) is 12.4. The van der Waals surface area contributed by atoms with Gasteiger partial charge in [0, 0.05) is 6.54 Å². The van der Waals surface area contributed by atoms with Crippen LogP contribution in [0, 0.1) is 0 Å². The molecule has 0 bridgehead atoms. The second-order valence-corrected chi connectivity index (χ2v) is 3.62. The molecule has 4 nitrogen and oxygen atoms in total. The molecular weight excluding hydrogens is 204 g/mol. The lowest BCUT2D eigenvalue weighted by atomic mass is 9.92. The summed E-state index contributed by atoms with van der Waals surface area (Å²) in [5, 5.41) is 0. The van der Waals surface area contributed by atoms with Gasteiger partial charge in [0.25, 0.3) is 0 Å². The summed E-state index contributed by atoms with van der Waals surface area (Å²) in [6.07, 6.45) is 0. The Morgan fingerprint density at radius 3 is 2.44 bits per heavy atom. The quantitative estimate of drug-likeness (QED) is 0.613. The number of rotatable bonds is 4. The summed E-state index contributed by atoms with van der Waals surface area (Å²) in [5.41, 5.74) is 6.19. The molecule has 0 heterocycles. The molecule has 16 heavy (non-hydrogen) atoms. The van der Waals surface area contributed by atoms with Crippen molar-refractivity contribution in [1.82, 2.24) is 0 Å². The maximum atomic E-state index is 11.6. The standard InChI is InChI=1S/C12H16N2O2/c1-12(14-2,11(15)16-3)10-6-4-9(8-13)5-7-10/h4-7H,2,8,13H2,1,3H3. The number of carbonyl (C=O) groups is 1. The largest absolute Gasteiger partial charge is 0.467 e. The number of benzene rings is 1. The van der Waals surface area contributed by atoms with Crippen LogP contribution in [0.5, 0.6) is 0 Å². The van der Waals surface area contributed by atoms with Crippen LogP contribution in [-0.2, 0) is 21.6 Å². The van der Waals surface area contributed by atoms with Gasteiger partial charge in [-0.1, -0.05) is 24.3 Å². The molecule has 0 aliphatic carbocycles. The van der Waals surface area contributed by atoms with E-state index in [9.17, 15) is 4.79 Å². The van der Waals surface area contributed by atoms with Crippen molar-refractivity contribution in [1.29, 1.82) is 0 Å². The third-order valence-corrected chi connectivity index (χ3v) is 2.65. The van der Waals surface area contributed by atoms with Gasteiger partial charge in [-0.05, 0) is 24.8 Å². The summed E-state index contributed by atoms with van der Waals surface area (Å²) >= 11 is 0. The lowest BCUT2D eigenvalue weighted by molar-refractivity contribution is -0.146. The van der Waals surface area contributed by atoms with Crippen LogP contribution in [-0.4, -0.2) is 19.8 Å². The van der Waals surface area contributed by atoms with Crippen molar-refractivity contribution < 1.29 is 9.53 Å². The van der Waals surface area contributed by atoms with E-state index in [0.717, 1.165) is 11.1 Å². The molecule has 0 saturated heterocycles. The molecular formula is C12H16N2O2. The van der Waals surface area contributed by atoms with Crippen LogP contribution in [0.15, 0.2) is 29.3 Å². The van der Waals surface area contributed by atoms with Crippen LogP contribution in [0.25, 0.3) is 0 Å². The number of hydrogen-bond acceptors (Lipinski definition) is 4. The second kappa shape index (κ2) is 4.90. The summed E-state index contributed by atoms with van der Waals surface area (Å²) in [6.45, 7) is 5.58. The fourth-order valence-corrected chi connectivity index (χ4v) is 1.44. The van der Waals surface area contributed by atoms with Crippen LogP contribution >= 0.6 is 0 Å². The molecule has 2 N–H and O–H groups in total. The Morgan fingerprint density at radius 1 is 1.50 bits per heavy atom. The minimum absolute atomic E-state index is 0.428. The van der Waals surface area contributed by atoms with Gasteiger partial charge in [0.2, 0.25) is 0 Å². The maximum Gasteiger partial charge on any atom is 0.338 e. The predicted octanol–water partition coefficient (Wildman–Crippen LogP) is 1.23. The number of nitrogens with zero attached hydrogens (tertiary/aromatic N) is 1. The van der Waals surface area contributed by atoms with E-state index in [2.05, 4.69) is 11.7 Å². The van der Waals surface area contributed by atoms with Gasteiger partial charge < -0.3 is 10.5 Å². The van der Waals surface area contributed by atoms with Crippen molar-refractivity contribution in [3.8, 4) is 0 Å². The minimum Gasteiger partial charge on any atom is -0.467 e. The fraction of sp³-hybridized carbons (Fsp3) is 0.333. The number of ether oxygens (including phenoxy) is 1. The molecule has 0 saturated carbocycles. The molecule has 1 rings (SSSR count). The molecule has 1 aromatic rings. The number of esters is 1. The van der Waals surface area contributed by atoms with Crippen LogP contribution in [0.1, 0.15) is 18.1 Å². The number of aliphatic imine (C=N–C) groups is 1. The molecule has 0 amide bonds. The molecule has 1 atom stereocenters. The zero-order chi connectivity index (χ0) is 12.2. The second-order valence-electron chi connectivity index (χ2n) is 3.62. The molecule has 0 aliphatic heterocycles. The molecule has 4 heteroatoms. The summed E-state index contributed by atoms with van der Waals surface area (Å²) < 4.78 is 4.72. The summed E-state index contributed by atoms with van der Waals surface area (Å²) in [4.78, 5) is 15.5. The summed E-state index contributed by atoms with van der Waals surface area (Å²) in [5.74, 6) is -0.428. The van der Waals surface area contributed by atoms with Gasteiger partial charge in [-0.2, -0.15) is 0 Å². The lowest BCUT2D eigenvalue weighted by Crippen LogP contribution is -2.31. The highest BCUT2D eigenvalue weighted by Crippen LogP contribution is 2.26. The van der Waals surface area contributed by atoms with E-state index in [0.29, 0.717) is 6.54 Å². The van der Waals surface area contributed by atoms with Gasteiger partial charge in [0.1, 0.15) is 0 Å². The van der Waals surface area contributed by atoms with E-state index >= 15 is 0 Å². The Hall–Kier alpha value is -1.68. The zero-order valence-corrected chi connectivity index (χ0v) is 9.56. The highest BCUT2D eigenvalue weighted by molar-refractivity contribution is 5.83. The highest BCUT2D eigenvalue weighted by Gasteiger charge is 2.34. The number of carbonyl (C=O) groups excluding carboxylic acids is 1. The third-order valence-electron chi connectivity index (χ3n) is 2.65. The maximum absolute atomic E-state index is 11.6. The van der Waals surface area contributed by atoms with E-state index < -0.39 is 11.5 Å². The molecule has 0 spiro atoms. The monoisotopic (exact) mass is 220 g/mol. The number of methoxy groups -OCH3 is 1. The van der Waals surface area contributed by atoms with Gasteiger partial charge in [0.15, 0.2) is 5.54 Å². The van der Waals surface area contributed by atoms with E-state index in [1.165, 1.54) is 7.11 Å². The van der Waals surface area contributed by atoms with Gasteiger partial charge >= 0.3 is 5.97 Å². The topological polar surface area (TPSA) is 64.7 Å². The Kier molecular flexibility index (Phi) is 3.79. The predicted molar refractivity (Wildman–Crippen MR) is 63.3 cm³/mol. The first-order valence-electron chi connectivity index (χ1n) is 4.94. The third kappa shape index (κ3) is 2.12. The van der Waals surface area contributed by atoms with Crippen molar-refractivity contribution in [2.75, 3.05) is 7.11 Å². The highest BCUT2D eigenvalue weighted by atomic mass is 16.5. The van der Waals surface area contributed by atoms with E-state index in [-0.39, 0.29) is 0 Å². The Morgan fingerprint density at radius 2 is 2.06 bits per heavy atom. The van der Waals surface area contributed by atoms with Crippen LogP contribution in [0.3, 0.4) is 0 Å².